The van der Waals surface area contributed by atoms with Crippen LogP contribution in [0, 0.1) is 0 Å². The maximum absolute atomic E-state index is 11.1. The van der Waals surface area contributed by atoms with Gasteiger partial charge in [-0.2, -0.15) is 0 Å². The molecule has 0 atom stereocenters. The Labute approximate surface area is 133 Å². The van der Waals surface area contributed by atoms with E-state index in [1.54, 1.807) is 11.8 Å². The van der Waals surface area contributed by atoms with Crippen molar-refractivity contribution in [1.29, 1.82) is 0 Å². The molecule has 3 rings (SSSR count). The number of H-pyrrole nitrogens is 1. The number of esters is 1. The van der Waals surface area contributed by atoms with E-state index in [0.29, 0.717) is 5.95 Å². The third kappa shape index (κ3) is 3.51. The molecule has 0 fully saturated rings. The molecule has 1 aromatic heterocycles. The number of carbonyl (C=O) groups excluding carboxylic acids is 1. The monoisotopic (exact) mass is 315 g/mol. The van der Waals surface area contributed by atoms with Crippen LogP contribution in [0.15, 0.2) is 40.1 Å². The first-order valence-electron chi connectivity index (χ1n) is 7.07. The Morgan fingerprint density at radius 1 is 1.36 bits per heavy atom. The van der Waals surface area contributed by atoms with Gasteiger partial charge in [-0.25, -0.2) is 4.98 Å². The predicted octanol–water partition coefficient (Wildman–Crippen LogP) is 3.07. The van der Waals surface area contributed by atoms with Crippen molar-refractivity contribution in [1.82, 2.24) is 9.97 Å². The average Bonchev–Trinajstić information content (AvgIpc) is 2.95. The van der Waals surface area contributed by atoms with Crippen LogP contribution in [0.3, 0.4) is 0 Å². The van der Waals surface area contributed by atoms with Gasteiger partial charge in [0, 0.05) is 10.6 Å². The van der Waals surface area contributed by atoms with Gasteiger partial charge in [0.1, 0.15) is 6.54 Å². The highest BCUT2D eigenvalue weighted by atomic mass is 32.2. The number of fused-ring (bicyclic) bond motifs is 1. The fourth-order valence-electron chi connectivity index (χ4n) is 2.24. The molecule has 2 N–H and O–H groups in total. The number of methoxy groups -OCH3 is 1. The number of rotatable bonds is 5. The van der Waals surface area contributed by atoms with Gasteiger partial charge in [0.15, 0.2) is 0 Å². The van der Waals surface area contributed by atoms with Gasteiger partial charge < -0.3 is 15.0 Å². The molecule has 1 aromatic carbocycles. The smallest absolute Gasteiger partial charge is 0.325 e. The summed E-state index contributed by atoms with van der Waals surface area (Å²) in [6.07, 6.45) is 4.02. The van der Waals surface area contributed by atoms with Crippen LogP contribution in [0.2, 0.25) is 0 Å². The van der Waals surface area contributed by atoms with Crippen molar-refractivity contribution in [2.24, 2.45) is 0 Å². The summed E-state index contributed by atoms with van der Waals surface area (Å²) in [5.74, 6) is 0.294. The number of imidazole rings is 1. The number of benzene rings is 1. The van der Waals surface area contributed by atoms with Gasteiger partial charge in [0.25, 0.3) is 0 Å². The second kappa shape index (κ2) is 6.70. The van der Waals surface area contributed by atoms with Crippen LogP contribution < -0.4 is 5.32 Å². The summed E-state index contributed by atoms with van der Waals surface area (Å²) in [5, 5.41) is 2.94. The van der Waals surface area contributed by atoms with E-state index in [1.165, 1.54) is 16.9 Å². The van der Waals surface area contributed by atoms with Gasteiger partial charge in [-0.1, -0.05) is 30.0 Å². The van der Waals surface area contributed by atoms with E-state index >= 15 is 0 Å². The second-order valence-electron chi connectivity index (χ2n) is 4.90. The molecule has 2 aromatic rings. The van der Waals surface area contributed by atoms with Crippen LogP contribution in [0.4, 0.5) is 5.95 Å². The molecule has 0 amide bonds. The molecule has 0 bridgehead atoms. The van der Waals surface area contributed by atoms with Crippen molar-refractivity contribution in [2.45, 2.75) is 17.7 Å². The van der Waals surface area contributed by atoms with Gasteiger partial charge in [-0.3, -0.25) is 4.79 Å². The number of aromatic amines is 1. The highest BCUT2D eigenvalue weighted by Crippen LogP contribution is 2.34. The average molecular weight is 315 g/mol. The zero-order valence-corrected chi connectivity index (χ0v) is 13.1. The Hall–Kier alpha value is -2.21. The number of nitrogens with one attached hydrogen (secondary N) is 2. The van der Waals surface area contributed by atoms with Crippen molar-refractivity contribution in [3.05, 3.63) is 46.6 Å². The maximum Gasteiger partial charge on any atom is 0.325 e. The zero-order chi connectivity index (χ0) is 15.4. The first-order chi connectivity index (χ1) is 10.7. The van der Waals surface area contributed by atoms with E-state index in [-0.39, 0.29) is 12.5 Å². The Bertz CT molecular complexity index is 695. The molecule has 114 valence electrons. The molecule has 1 heterocycles. The molecule has 22 heavy (non-hydrogen) atoms. The highest BCUT2D eigenvalue weighted by molar-refractivity contribution is 8.03. The van der Waals surface area contributed by atoms with Crippen LogP contribution >= 0.6 is 11.8 Å². The van der Waals surface area contributed by atoms with Crippen LogP contribution in [-0.4, -0.2) is 29.6 Å². The van der Waals surface area contributed by atoms with Crippen LogP contribution in [0.1, 0.15) is 17.8 Å². The van der Waals surface area contributed by atoms with Gasteiger partial charge >= 0.3 is 5.97 Å². The summed E-state index contributed by atoms with van der Waals surface area (Å²) < 4.78 is 4.60. The lowest BCUT2D eigenvalue weighted by Gasteiger charge is -2.11. The molecule has 1 aliphatic carbocycles. The number of thioether (sulfide) groups is 1. The molecular weight excluding hydrogens is 298 g/mol. The number of hydrogen-bond donors (Lipinski definition) is 2. The molecule has 0 saturated carbocycles. The largest absolute Gasteiger partial charge is 0.468 e. The lowest BCUT2D eigenvalue weighted by atomic mass is 10.1. The summed E-state index contributed by atoms with van der Waals surface area (Å²) in [7, 11) is 1.37. The number of allylic oxidation sites excluding steroid dienone is 1. The summed E-state index contributed by atoms with van der Waals surface area (Å²) in [5.41, 5.74) is 2.04. The Balaban J connectivity index is 1.69. The number of aromatic nitrogens is 2. The van der Waals surface area contributed by atoms with Crippen molar-refractivity contribution < 1.29 is 9.53 Å². The Kier molecular flexibility index (Phi) is 4.48. The highest BCUT2D eigenvalue weighted by Gasteiger charge is 2.16. The molecule has 1 aliphatic rings. The van der Waals surface area contributed by atoms with Crippen molar-refractivity contribution >= 4 is 29.8 Å². The van der Waals surface area contributed by atoms with E-state index in [2.05, 4.69) is 38.2 Å². The van der Waals surface area contributed by atoms with E-state index < -0.39 is 0 Å². The van der Waals surface area contributed by atoms with Crippen molar-refractivity contribution in [3.63, 3.8) is 0 Å². The third-order valence-electron chi connectivity index (χ3n) is 3.35. The van der Waals surface area contributed by atoms with E-state index in [9.17, 15) is 4.79 Å². The van der Waals surface area contributed by atoms with E-state index in [1.807, 2.05) is 18.2 Å². The minimum absolute atomic E-state index is 0.109. The summed E-state index contributed by atoms with van der Waals surface area (Å²) in [4.78, 5) is 21.4. The molecular formula is C16H17N3O2S. The summed E-state index contributed by atoms with van der Waals surface area (Å²) in [6.45, 7) is 0.109. The number of hydrogen-bond acceptors (Lipinski definition) is 5. The lowest BCUT2D eigenvalue weighted by Crippen LogP contribution is -2.15. The topological polar surface area (TPSA) is 67.0 Å². The fraction of sp³-hybridized carbons (Fsp3) is 0.250. The third-order valence-corrected chi connectivity index (χ3v) is 4.44. The van der Waals surface area contributed by atoms with E-state index in [0.717, 1.165) is 24.2 Å². The van der Waals surface area contributed by atoms with Crippen LogP contribution in [0.5, 0.6) is 0 Å². The first-order valence-corrected chi connectivity index (χ1v) is 7.89. The van der Waals surface area contributed by atoms with Gasteiger partial charge in [-0.15, -0.1) is 0 Å². The number of anilines is 1. The van der Waals surface area contributed by atoms with E-state index in [4.69, 9.17) is 0 Å². The minimum atomic E-state index is -0.315. The first kappa shape index (κ1) is 14.7. The second-order valence-corrected chi connectivity index (χ2v) is 6.10. The fourth-order valence-corrected chi connectivity index (χ4v) is 3.21. The van der Waals surface area contributed by atoms with Gasteiger partial charge in [0.2, 0.25) is 5.95 Å². The summed E-state index contributed by atoms with van der Waals surface area (Å²) >= 11 is 1.77. The van der Waals surface area contributed by atoms with Crippen molar-refractivity contribution in [3.8, 4) is 0 Å². The molecule has 0 saturated heterocycles. The normalized spacial score (nSPS) is 13.2. The van der Waals surface area contributed by atoms with Crippen LogP contribution in [-0.2, 0) is 16.0 Å². The molecule has 5 nitrogen and oxygen atoms in total. The number of carbonyl (C=O) groups is 1. The molecule has 0 unspecified atom stereocenters. The SMILES string of the molecule is COC(=O)CNc1nc2c([nH]1)CCC(Sc1ccccc1)=C2. The zero-order valence-electron chi connectivity index (χ0n) is 12.3. The minimum Gasteiger partial charge on any atom is -0.468 e. The summed E-state index contributed by atoms with van der Waals surface area (Å²) in [6, 6.07) is 10.3. The number of aryl methyl sites for hydroxylation is 1. The molecule has 0 radical (unpaired) electrons. The van der Waals surface area contributed by atoms with Gasteiger partial charge in [0.05, 0.1) is 12.8 Å². The van der Waals surface area contributed by atoms with Gasteiger partial charge in [-0.05, 0) is 36.0 Å². The molecule has 0 aliphatic heterocycles. The molecule has 0 spiro atoms. The van der Waals surface area contributed by atoms with Crippen molar-refractivity contribution in [2.75, 3.05) is 19.0 Å². The number of ether oxygens (including phenoxy) is 1. The Morgan fingerprint density at radius 3 is 2.95 bits per heavy atom. The standard InChI is InChI=1S/C16H17N3O2S/c1-21-15(20)10-17-16-18-13-8-7-12(9-14(13)19-16)22-11-5-3-2-4-6-11/h2-6,9H,7-8,10H2,1H3,(H2,17,18,19). The predicted molar refractivity (Wildman–Crippen MR) is 87.7 cm³/mol. The Morgan fingerprint density at radius 2 is 2.18 bits per heavy atom. The quantitative estimate of drug-likeness (QED) is 0.830. The van der Waals surface area contributed by atoms with Crippen LogP contribution in [0.25, 0.3) is 6.08 Å². The maximum atomic E-state index is 11.1. The number of nitrogens with zero attached hydrogens (tertiary/aromatic N) is 1. The lowest BCUT2D eigenvalue weighted by molar-refractivity contribution is -0.138. The molecule has 6 heteroatoms.